The minimum atomic E-state index is -0.651. The van der Waals surface area contributed by atoms with Crippen LogP contribution in [0.25, 0.3) is 11.0 Å². The summed E-state index contributed by atoms with van der Waals surface area (Å²) in [6, 6.07) is 9.84. The Morgan fingerprint density at radius 2 is 1.52 bits per heavy atom. The van der Waals surface area contributed by atoms with Gasteiger partial charge in [-0.3, -0.25) is 38.8 Å². The summed E-state index contributed by atoms with van der Waals surface area (Å²) in [4.78, 5) is 65.9. The van der Waals surface area contributed by atoms with Gasteiger partial charge in [0.25, 0.3) is 11.8 Å². The number of nitrogens with two attached hydrogens (primary N) is 2. The number of hydrogen-bond acceptors (Lipinski definition) is 11. The van der Waals surface area contributed by atoms with Gasteiger partial charge in [-0.2, -0.15) is 15.2 Å². The zero-order chi connectivity index (χ0) is 44.1. The number of methoxy groups -OCH3 is 1. The maximum absolute atomic E-state index is 13.8. The third-order valence-electron chi connectivity index (χ3n) is 10.7. The molecule has 2 aromatic carbocycles. The average molecular weight is 849 g/mol. The second-order valence-electron chi connectivity index (χ2n) is 15.0. The SMILES string of the molecule is CCn1nc(C)cc1C(=O)N=C1Cc2cc(C(N)=O)cc(OC)c2N1C/C=C/Cn1c(NC(=O)c2cc(C)nn2CC)nc2cc(C(N)=O)cc(OCCCN3CCOCC3)c21. The molecule has 326 valence electrons. The molecule has 1 saturated heterocycles. The number of aromatic nitrogens is 6. The zero-order valence-corrected chi connectivity index (χ0v) is 35.6. The van der Waals surface area contributed by atoms with Gasteiger partial charge >= 0.3 is 0 Å². The fraction of sp³-hybridized carbons (Fsp3) is 0.395. The van der Waals surface area contributed by atoms with E-state index < -0.39 is 23.6 Å². The molecule has 19 nitrogen and oxygen atoms in total. The number of carbonyl (C=O) groups is 4. The molecule has 2 aliphatic heterocycles. The topological polar surface area (TPSA) is 232 Å². The highest BCUT2D eigenvalue weighted by Crippen LogP contribution is 2.40. The summed E-state index contributed by atoms with van der Waals surface area (Å²) >= 11 is 0. The van der Waals surface area contributed by atoms with Gasteiger partial charge < -0.3 is 35.1 Å². The lowest BCUT2D eigenvalue weighted by Crippen LogP contribution is -2.37. The summed E-state index contributed by atoms with van der Waals surface area (Å²) in [6.07, 6.45) is 4.73. The summed E-state index contributed by atoms with van der Waals surface area (Å²) in [5.41, 5.74) is 16.3. The van der Waals surface area contributed by atoms with Gasteiger partial charge in [0.2, 0.25) is 17.8 Å². The van der Waals surface area contributed by atoms with Gasteiger partial charge in [0.15, 0.2) is 0 Å². The van der Waals surface area contributed by atoms with Crippen molar-refractivity contribution < 1.29 is 33.4 Å². The molecule has 1 fully saturated rings. The number of nitrogens with one attached hydrogen (secondary N) is 1. The largest absolute Gasteiger partial charge is 0.495 e. The number of aliphatic imine (C=N–C) groups is 1. The van der Waals surface area contributed by atoms with Crippen molar-refractivity contribution in [3.8, 4) is 11.5 Å². The van der Waals surface area contributed by atoms with Crippen molar-refractivity contribution in [2.24, 2.45) is 16.5 Å². The molecule has 62 heavy (non-hydrogen) atoms. The lowest BCUT2D eigenvalue weighted by atomic mass is 10.1. The maximum atomic E-state index is 13.8. The lowest BCUT2D eigenvalue weighted by Gasteiger charge is -2.26. The normalized spacial score (nSPS) is 14.9. The number of anilines is 2. The van der Waals surface area contributed by atoms with Crippen molar-refractivity contribution in [3.63, 3.8) is 0 Å². The first kappa shape index (κ1) is 43.2. The minimum Gasteiger partial charge on any atom is -0.495 e. The molecule has 2 aliphatic rings. The van der Waals surface area contributed by atoms with E-state index in [4.69, 9.17) is 30.7 Å². The maximum Gasteiger partial charge on any atom is 0.296 e. The third kappa shape index (κ3) is 9.23. The van der Waals surface area contributed by atoms with Gasteiger partial charge in [0, 0.05) is 63.4 Å². The number of hydrogen-bond donors (Lipinski definition) is 3. The van der Waals surface area contributed by atoms with Crippen molar-refractivity contribution in [2.45, 2.75) is 60.2 Å². The van der Waals surface area contributed by atoms with Crippen LogP contribution in [0.3, 0.4) is 0 Å². The summed E-state index contributed by atoms with van der Waals surface area (Å²) in [6.45, 7) is 13.0. The van der Waals surface area contributed by atoms with Crippen molar-refractivity contribution in [3.05, 3.63) is 88.0 Å². The van der Waals surface area contributed by atoms with Crippen molar-refractivity contribution in [1.82, 2.24) is 34.0 Å². The summed E-state index contributed by atoms with van der Waals surface area (Å²) < 4.78 is 22.6. The van der Waals surface area contributed by atoms with Crippen LogP contribution in [0.5, 0.6) is 11.5 Å². The highest BCUT2D eigenvalue weighted by Gasteiger charge is 2.31. The number of morpholine rings is 1. The van der Waals surface area contributed by atoms with Gasteiger partial charge in [-0.05, 0) is 76.1 Å². The van der Waals surface area contributed by atoms with Gasteiger partial charge in [0.1, 0.15) is 34.2 Å². The molecular weight excluding hydrogens is 797 g/mol. The lowest BCUT2D eigenvalue weighted by molar-refractivity contribution is 0.0358. The zero-order valence-electron chi connectivity index (χ0n) is 35.6. The van der Waals surface area contributed by atoms with Crippen LogP contribution in [-0.4, -0.2) is 117 Å². The van der Waals surface area contributed by atoms with E-state index in [2.05, 4.69) is 25.4 Å². The average Bonchev–Trinajstić information content (AvgIpc) is 4.03. The van der Waals surface area contributed by atoms with E-state index in [-0.39, 0.29) is 36.6 Å². The predicted molar refractivity (Wildman–Crippen MR) is 232 cm³/mol. The monoisotopic (exact) mass is 848 g/mol. The molecule has 5 aromatic rings. The van der Waals surface area contributed by atoms with E-state index in [0.29, 0.717) is 95.3 Å². The molecule has 0 spiro atoms. The Balaban J connectivity index is 1.24. The van der Waals surface area contributed by atoms with Crippen LogP contribution in [0.15, 0.2) is 53.5 Å². The second-order valence-corrected chi connectivity index (χ2v) is 15.0. The molecule has 4 amide bonds. The molecule has 0 bridgehead atoms. The Morgan fingerprint density at radius 1 is 0.871 bits per heavy atom. The number of ether oxygens (including phenoxy) is 3. The molecule has 0 radical (unpaired) electrons. The summed E-state index contributed by atoms with van der Waals surface area (Å²) in [7, 11) is 1.50. The van der Waals surface area contributed by atoms with Gasteiger partial charge in [-0.15, -0.1) is 0 Å². The summed E-state index contributed by atoms with van der Waals surface area (Å²) in [5.74, 6) is -0.730. The second kappa shape index (κ2) is 18.8. The van der Waals surface area contributed by atoms with Crippen LogP contribution in [0.2, 0.25) is 0 Å². The standard InChI is InChI=1S/C43H52N12O7/c1-6-54-32(19-26(3)49-54)41(58)47-36-25-28-21-29(39(44)56)23-34(60-5)37(28)52(36)12-8-9-13-53-38-31(46-43(53)48-42(59)33-20-27(4)50-55(33)7-2)22-30(40(45)57)24-35(38)62-16-10-11-51-14-17-61-18-15-51/h8-9,19-24H,6-7,10-18,25H2,1-5H3,(H2,44,56)(H2,45,57)(H,46,48,59)/b9-8+,47-36?. The number of nitrogens with zero attached hydrogens (tertiary/aromatic N) is 9. The van der Waals surface area contributed by atoms with Crippen LogP contribution in [-0.2, 0) is 30.8 Å². The number of carbonyl (C=O) groups excluding carboxylic acids is 4. The van der Waals surface area contributed by atoms with E-state index in [1.54, 1.807) is 50.3 Å². The number of imidazole rings is 1. The van der Waals surface area contributed by atoms with Crippen LogP contribution in [0.1, 0.15) is 78.9 Å². The van der Waals surface area contributed by atoms with E-state index in [0.717, 1.165) is 26.1 Å². The Bertz CT molecular complexity index is 2580. The van der Waals surface area contributed by atoms with Crippen LogP contribution in [0.4, 0.5) is 11.6 Å². The molecule has 0 atom stereocenters. The first-order valence-electron chi connectivity index (χ1n) is 20.6. The first-order valence-corrected chi connectivity index (χ1v) is 20.6. The van der Waals surface area contributed by atoms with Crippen molar-refractivity contribution >= 4 is 52.1 Å². The number of amides is 4. The minimum absolute atomic E-state index is 0.192. The van der Waals surface area contributed by atoms with Crippen LogP contribution < -0.4 is 31.2 Å². The number of fused-ring (bicyclic) bond motifs is 2. The molecule has 0 unspecified atom stereocenters. The number of benzene rings is 2. The van der Waals surface area contributed by atoms with E-state index in [9.17, 15) is 19.2 Å². The Hall–Kier alpha value is -6.86. The molecule has 3 aromatic heterocycles. The molecule has 5 heterocycles. The predicted octanol–water partition coefficient (Wildman–Crippen LogP) is 3.50. The molecule has 5 N–H and O–H groups in total. The van der Waals surface area contributed by atoms with Crippen LogP contribution in [0, 0.1) is 13.8 Å². The van der Waals surface area contributed by atoms with E-state index in [1.807, 2.05) is 44.7 Å². The first-order chi connectivity index (χ1) is 29.9. The highest BCUT2D eigenvalue weighted by molar-refractivity contribution is 6.14. The van der Waals surface area contributed by atoms with E-state index in [1.165, 1.54) is 7.11 Å². The van der Waals surface area contributed by atoms with Crippen LogP contribution >= 0.6 is 0 Å². The molecule has 7 rings (SSSR count). The third-order valence-corrected chi connectivity index (χ3v) is 10.7. The Morgan fingerprint density at radius 3 is 2.19 bits per heavy atom. The molecule has 0 aliphatic carbocycles. The highest BCUT2D eigenvalue weighted by atomic mass is 16.5. The quantitative estimate of drug-likeness (QED) is 0.0902. The molecular formula is C43H52N12O7. The smallest absolute Gasteiger partial charge is 0.296 e. The van der Waals surface area contributed by atoms with Gasteiger partial charge in [0.05, 0.1) is 49.5 Å². The molecule has 19 heteroatoms. The Labute approximate surface area is 358 Å². The van der Waals surface area contributed by atoms with Crippen molar-refractivity contribution in [2.75, 3.05) is 63.3 Å². The number of primary amides is 2. The van der Waals surface area contributed by atoms with Gasteiger partial charge in [-0.1, -0.05) is 12.2 Å². The number of aryl methyl sites for hydroxylation is 4. The number of allylic oxidation sites excluding steroid dienone is 1. The van der Waals surface area contributed by atoms with Gasteiger partial charge in [-0.25, -0.2) is 4.98 Å². The Kier molecular flexibility index (Phi) is 13.1. The molecule has 0 saturated carbocycles. The fourth-order valence-electron chi connectivity index (χ4n) is 7.77. The fourth-order valence-corrected chi connectivity index (χ4v) is 7.77. The summed E-state index contributed by atoms with van der Waals surface area (Å²) in [5, 5.41) is 11.8. The number of rotatable bonds is 17. The van der Waals surface area contributed by atoms with E-state index >= 15 is 0 Å². The number of amidine groups is 1. The van der Waals surface area contributed by atoms with Crippen molar-refractivity contribution in [1.29, 1.82) is 0 Å².